The van der Waals surface area contributed by atoms with Crippen molar-refractivity contribution >= 4 is 11.5 Å². The maximum absolute atomic E-state index is 11.4. The van der Waals surface area contributed by atoms with E-state index in [9.17, 15) is 15.0 Å². The average molecular weight is 245 g/mol. The zero-order chi connectivity index (χ0) is 13.3. The van der Waals surface area contributed by atoms with Crippen molar-refractivity contribution in [3.8, 4) is 17.4 Å². The van der Waals surface area contributed by atoms with E-state index in [-0.39, 0.29) is 11.3 Å². The summed E-state index contributed by atoms with van der Waals surface area (Å²) in [5.74, 6) is -1.32. The van der Waals surface area contributed by atoms with Crippen LogP contribution in [0.5, 0.6) is 11.8 Å². The summed E-state index contributed by atoms with van der Waals surface area (Å²) >= 11 is 0. The van der Waals surface area contributed by atoms with Crippen LogP contribution in [-0.4, -0.2) is 20.6 Å². The Hall–Kier alpha value is -2.63. The number of aromatic nitrogens is 1. The molecule has 6 nitrogen and oxygen atoms in total. The third-order valence-corrected chi connectivity index (χ3v) is 2.57. The molecular formula is C12H11N3O3. The van der Waals surface area contributed by atoms with Gasteiger partial charge in [-0.1, -0.05) is 18.2 Å². The van der Waals surface area contributed by atoms with Crippen LogP contribution in [0.4, 0.5) is 5.69 Å². The normalized spacial score (nSPS) is 10.3. The van der Waals surface area contributed by atoms with Gasteiger partial charge in [0.05, 0.1) is 5.69 Å². The van der Waals surface area contributed by atoms with Crippen molar-refractivity contribution in [2.45, 2.75) is 6.92 Å². The highest BCUT2D eigenvalue weighted by molar-refractivity contribution is 6.03. The lowest BCUT2D eigenvalue weighted by Gasteiger charge is -2.05. The minimum atomic E-state index is -0.469. The van der Waals surface area contributed by atoms with Gasteiger partial charge in [0, 0.05) is 0 Å². The van der Waals surface area contributed by atoms with E-state index >= 15 is 0 Å². The van der Waals surface area contributed by atoms with Gasteiger partial charge in [0.2, 0.25) is 11.8 Å². The fourth-order valence-corrected chi connectivity index (χ4v) is 1.79. The van der Waals surface area contributed by atoms with Gasteiger partial charge in [0.25, 0.3) is 0 Å². The first-order chi connectivity index (χ1) is 8.57. The molecule has 1 heterocycles. The van der Waals surface area contributed by atoms with E-state index in [1.165, 1.54) is 6.92 Å². The predicted octanol–water partition coefficient (Wildman–Crippen LogP) is 2.75. The highest BCUT2D eigenvalue weighted by Gasteiger charge is 2.26. The van der Waals surface area contributed by atoms with Gasteiger partial charge < -0.3 is 10.2 Å². The summed E-state index contributed by atoms with van der Waals surface area (Å²) in [5, 5.41) is 23.0. The van der Waals surface area contributed by atoms with Crippen molar-refractivity contribution < 1.29 is 15.0 Å². The quantitative estimate of drug-likeness (QED) is 0.572. The van der Waals surface area contributed by atoms with Gasteiger partial charge in [0.15, 0.2) is 11.5 Å². The van der Waals surface area contributed by atoms with Crippen LogP contribution < -0.4 is 0 Å². The van der Waals surface area contributed by atoms with Crippen molar-refractivity contribution in [2.75, 3.05) is 0 Å². The Bertz CT molecular complexity index is 617. The number of benzene rings is 1. The summed E-state index contributed by atoms with van der Waals surface area (Å²) in [7, 11) is 0. The molecule has 0 bridgehead atoms. The first-order valence-corrected chi connectivity index (χ1v) is 5.18. The molecule has 0 atom stereocenters. The molecular weight excluding hydrogens is 234 g/mol. The molecule has 0 unspecified atom stereocenters. The molecule has 0 aliphatic heterocycles. The Labute approximate surface area is 103 Å². The number of para-hydroxylation sites is 1. The Kier molecular flexibility index (Phi) is 2.85. The van der Waals surface area contributed by atoms with Gasteiger partial charge >= 0.3 is 0 Å². The number of Topliss-reactive ketones (excluding diaryl/α,β-unsaturated/α-hetero) is 1. The molecule has 0 aliphatic carbocycles. The van der Waals surface area contributed by atoms with Crippen LogP contribution in [0.2, 0.25) is 0 Å². The molecule has 2 aromatic rings. The molecule has 1 aromatic heterocycles. The number of hydrogen-bond donors (Lipinski definition) is 3. The van der Waals surface area contributed by atoms with Crippen LogP contribution in [0.15, 0.2) is 35.4 Å². The van der Waals surface area contributed by atoms with Gasteiger partial charge in [-0.2, -0.15) is 5.11 Å². The molecule has 92 valence electrons. The molecule has 0 spiro atoms. The van der Waals surface area contributed by atoms with Crippen LogP contribution in [0.25, 0.3) is 5.69 Å². The summed E-state index contributed by atoms with van der Waals surface area (Å²) in [6, 6.07) is 8.52. The fourth-order valence-electron chi connectivity index (χ4n) is 1.79. The van der Waals surface area contributed by atoms with E-state index in [0.29, 0.717) is 5.69 Å². The van der Waals surface area contributed by atoms with Gasteiger partial charge in [-0.15, -0.1) is 0 Å². The second-order valence-electron chi connectivity index (χ2n) is 3.71. The van der Waals surface area contributed by atoms with Crippen LogP contribution in [0.3, 0.4) is 0 Å². The van der Waals surface area contributed by atoms with E-state index < -0.39 is 17.5 Å². The number of carbonyl (C=O) groups is 1. The number of rotatable bonds is 3. The maximum Gasteiger partial charge on any atom is 0.228 e. The molecule has 2 rings (SSSR count). The number of nitrogens with zero attached hydrogens (tertiary/aromatic N) is 2. The lowest BCUT2D eigenvalue weighted by Crippen LogP contribution is -1.94. The predicted molar refractivity (Wildman–Crippen MR) is 63.9 cm³/mol. The molecule has 18 heavy (non-hydrogen) atoms. The summed E-state index contributed by atoms with van der Waals surface area (Å²) in [5.41, 5.74) is 7.06. The largest absolute Gasteiger partial charge is 0.494 e. The van der Waals surface area contributed by atoms with Gasteiger partial charge in [0.1, 0.15) is 5.56 Å². The highest BCUT2D eigenvalue weighted by atomic mass is 16.3. The molecule has 3 N–H and O–H groups in total. The van der Waals surface area contributed by atoms with Gasteiger partial charge in [-0.3, -0.25) is 4.79 Å². The van der Waals surface area contributed by atoms with Crippen molar-refractivity contribution in [1.29, 1.82) is 5.53 Å². The second kappa shape index (κ2) is 4.33. The fraction of sp³-hybridized carbons (Fsp3) is 0.0833. The van der Waals surface area contributed by atoms with Gasteiger partial charge in [-0.05, 0) is 19.1 Å². The third-order valence-electron chi connectivity index (χ3n) is 2.57. The zero-order valence-corrected chi connectivity index (χ0v) is 9.58. The van der Waals surface area contributed by atoms with E-state index in [1.807, 2.05) is 0 Å². The van der Waals surface area contributed by atoms with Crippen LogP contribution in [0, 0.1) is 5.53 Å². The monoisotopic (exact) mass is 245 g/mol. The lowest BCUT2D eigenvalue weighted by molar-refractivity contribution is 0.101. The molecule has 0 saturated heterocycles. The summed E-state index contributed by atoms with van der Waals surface area (Å²) in [6.45, 7) is 1.23. The summed E-state index contributed by atoms with van der Waals surface area (Å²) < 4.78 is 1.07. The summed E-state index contributed by atoms with van der Waals surface area (Å²) in [6.07, 6.45) is 0. The van der Waals surface area contributed by atoms with Crippen molar-refractivity contribution in [3.05, 3.63) is 35.9 Å². The SMILES string of the molecule is CC(=O)c1c(N=N)c(O)n(-c2ccccc2)c1O. The van der Waals surface area contributed by atoms with E-state index in [2.05, 4.69) is 5.11 Å². The zero-order valence-electron chi connectivity index (χ0n) is 9.58. The van der Waals surface area contributed by atoms with Crippen LogP contribution in [-0.2, 0) is 0 Å². The Morgan fingerprint density at radius 2 is 1.83 bits per heavy atom. The number of carbonyl (C=O) groups excluding carboxylic acids is 1. The molecule has 0 amide bonds. The Balaban J connectivity index is 2.78. The standard InChI is InChI=1S/C12H11N3O3/c1-7(16)9-10(14-13)12(18)15(11(9)17)8-5-3-2-4-6-8/h2-6,13,17-18H,1H3. The van der Waals surface area contributed by atoms with Crippen molar-refractivity contribution in [2.24, 2.45) is 5.11 Å². The molecule has 0 fully saturated rings. The van der Waals surface area contributed by atoms with Crippen molar-refractivity contribution in [3.63, 3.8) is 0 Å². The molecule has 0 saturated carbocycles. The molecule has 0 aliphatic rings. The van der Waals surface area contributed by atoms with Gasteiger partial charge in [-0.25, -0.2) is 10.1 Å². The van der Waals surface area contributed by atoms with Crippen LogP contribution >= 0.6 is 0 Å². The Morgan fingerprint density at radius 3 is 2.28 bits per heavy atom. The highest BCUT2D eigenvalue weighted by Crippen LogP contribution is 2.42. The first-order valence-electron chi connectivity index (χ1n) is 5.18. The number of aromatic hydroxyl groups is 2. The average Bonchev–Trinajstić information content (AvgIpc) is 2.61. The minimum Gasteiger partial charge on any atom is -0.494 e. The van der Waals surface area contributed by atoms with E-state index in [4.69, 9.17) is 5.53 Å². The van der Waals surface area contributed by atoms with Crippen LogP contribution in [0.1, 0.15) is 17.3 Å². The second-order valence-corrected chi connectivity index (χ2v) is 3.71. The van der Waals surface area contributed by atoms with E-state index in [0.717, 1.165) is 4.57 Å². The molecule has 0 radical (unpaired) electrons. The minimum absolute atomic E-state index is 0.161. The summed E-state index contributed by atoms with van der Waals surface area (Å²) in [4.78, 5) is 11.4. The number of hydrogen-bond acceptors (Lipinski definition) is 5. The maximum atomic E-state index is 11.4. The number of ketones is 1. The number of nitrogens with one attached hydrogen (secondary N) is 1. The lowest BCUT2D eigenvalue weighted by atomic mass is 10.2. The smallest absolute Gasteiger partial charge is 0.228 e. The van der Waals surface area contributed by atoms with Crippen molar-refractivity contribution in [1.82, 2.24) is 4.57 Å². The van der Waals surface area contributed by atoms with E-state index in [1.54, 1.807) is 30.3 Å². The first kappa shape index (κ1) is 11.8. The molecule has 1 aromatic carbocycles. The Morgan fingerprint density at radius 1 is 1.22 bits per heavy atom. The third kappa shape index (κ3) is 1.64. The topological polar surface area (TPSA) is 98.7 Å². The molecule has 6 heteroatoms.